The predicted molar refractivity (Wildman–Crippen MR) is 97.0 cm³/mol. The van der Waals surface area contributed by atoms with E-state index in [1.54, 1.807) is 23.1 Å². The summed E-state index contributed by atoms with van der Waals surface area (Å²) >= 11 is 0. The molecule has 0 saturated heterocycles. The summed E-state index contributed by atoms with van der Waals surface area (Å²) in [6, 6.07) is 7.76. The van der Waals surface area contributed by atoms with Gasteiger partial charge in [-0.2, -0.15) is 0 Å². The van der Waals surface area contributed by atoms with Gasteiger partial charge in [0.1, 0.15) is 5.69 Å². The van der Waals surface area contributed by atoms with Crippen LogP contribution in [0.25, 0.3) is 0 Å². The van der Waals surface area contributed by atoms with Gasteiger partial charge in [-0.3, -0.25) is 4.79 Å². The smallest absolute Gasteiger partial charge is 0.354 e. The molecule has 1 aliphatic heterocycles. The molecule has 2 aromatic rings. The standard InChI is InChI=1S/C18H19N3O5S/c1-20(2)27(25,26)16-5-3-4-13-11-21(9-7-14(13)16)17(22)12-6-8-19-15(10-12)18(23)24/h3-6,8,10H,7,9,11H2,1-2H3,(H,23,24). The van der Waals surface area contributed by atoms with E-state index >= 15 is 0 Å². The van der Waals surface area contributed by atoms with E-state index in [0.29, 0.717) is 13.0 Å². The third-order valence-electron chi connectivity index (χ3n) is 4.49. The number of nitrogens with zero attached hydrogens (tertiary/aromatic N) is 3. The van der Waals surface area contributed by atoms with Crippen LogP contribution in [0.4, 0.5) is 0 Å². The summed E-state index contributed by atoms with van der Waals surface area (Å²) in [5.74, 6) is -1.52. The summed E-state index contributed by atoms with van der Waals surface area (Å²) in [5, 5.41) is 9.03. The predicted octanol–water partition coefficient (Wildman–Crippen LogP) is 1.23. The lowest BCUT2D eigenvalue weighted by Crippen LogP contribution is -2.37. The van der Waals surface area contributed by atoms with Gasteiger partial charge < -0.3 is 10.0 Å². The van der Waals surface area contributed by atoms with Crippen LogP contribution in [-0.4, -0.2) is 60.2 Å². The SMILES string of the molecule is CN(C)S(=O)(=O)c1cccc2c1CCN(C(=O)c1ccnc(C(=O)O)c1)C2. The number of carboxylic acids is 1. The minimum absolute atomic E-state index is 0.197. The molecular weight excluding hydrogens is 370 g/mol. The van der Waals surface area contributed by atoms with Gasteiger partial charge in [0.15, 0.2) is 0 Å². The molecule has 1 aromatic heterocycles. The van der Waals surface area contributed by atoms with Crippen molar-refractivity contribution in [3.05, 3.63) is 58.9 Å². The summed E-state index contributed by atoms with van der Waals surface area (Å²) in [6.45, 7) is 0.603. The highest BCUT2D eigenvalue weighted by molar-refractivity contribution is 7.89. The highest BCUT2D eigenvalue weighted by Crippen LogP contribution is 2.28. The minimum Gasteiger partial charge on any atom is -0.477 e. The van der Waals surface area contributed by atoms with Crippen molar-refractivity contribution in [3.8, 4) is 0 Å². The number of carbonyl (C=O) groups is 2. The molecule has 0 atom stereocenters. The molecule has 1 aliphatic rings. The number of hydrogen-bond acceptors (Lipinski definition) is 5. The van der Waals surface area contributed by atoms with Crippen molar-refractivity contribution in [3.63, 3.8) is 0 Å². The molecule has 0 spiro atoms. The fourth-order valence-corrected chi connectivity index (χ4v) is 4.24. The lowest BCUT2D eigenvalue weighted by atomic mass is 9.99. The Kier molecular flexibility index (Phi) is 4.99. The number of aromatic carboxylic acids is 1. The van der Waals surface area contributed by atoms with Crippen molar-refractivity contribution >= 4 is 21.9 Å². The van der Waals surface area contributed by atoms with Crippen molar-refractivity contribution in [2.24, 2.45) is 0 Å². The molecule has 0 unspecified atom stereocenters. The van der Waals surface area contributed by atoms with E-state index < -0.39 is 16.0 Å². The summed E-state index contributed by atoms with van der Waals surface area (Å²) < 4.78 is 26.2. The number of pyridine rings is 1. The molecule has 0 radical (unpaired) electrons. The third-order valence-corrected chi connectivity index (χ3v) is 6.39. The number of aromatic nitrogens is 1. The van der Waals surface area contributed by atoms with Gasteiger partial charge >= 0.3 is 5.97 Å². The maximum atomic E-state index is 12.8. The third kappa shape index (κ3) is 3.56. The Bertz CT molecular complexity index is 1020. The molecule has 2 heterocycles. The largest absolute Gasteiger partial charge is 0.477 e. The first-order chi connectivity index (χ1) is 12.7. The Morgan fingerprint density at radius 1 is 1.22 bits per heavy atom. The normalized spacial score (nSPS) is 14.1. The fourth-order valence-electron chi connectivity index (χ4n) is 3.05. The van der Waals surface area contributed by atoms with Crippen molar-refractivity contribution < 1.29 is 23.1 Å². The first-order valence-electron chi connectivity index (χ1n) is 8.23. The maximum absolute atomic E-state index is 12.8. The molecule has 9 heteroatoms. The summed E-state index contributed by atoms with van der Waals surface area (Å²) in [6.07, 6.45) is 1.69. The van der Waals surface area contributed by atoms with Crippen molar-refractivity contribution in [2.45, 2.75) is 17.9 Å². The van der Waals surface area contributed by atoms with Crippen LogP contribution in [0.15, 0.2) is 41.4 Å². The zero-order chi connectivity index (χ0) is 19.8. The highest BCUT2D eigenvalue weighted by atomic mass is 32.2. The van der Waals surface area contributed by atoms with E-state index in [1.165, 1.54) is 36.7 Å². The molecule has 142 valence electrons. The molecule has 0 fully saturated rings. The fraction of sp³-hybridized carbons (Fsp3) is 0.278. The summed E-state index contributed by atoms with van der Waals surface area (Å²) in [5.41, 5.74) is 1.53. The minimum atomic E-state index is -3.57. The Labute approximate surface area is 157 Å². The van der Waals surface area contributed by atoms with Crippen LogP contribution in [-0.2, 0) is 23.0 Å². The Hall–Kier alpha value is -2.78. The van der Waals surface area contributed by atoms with Crippen LogP contribution < -0.4 is 0 Å². The highest BCUT2D eigenvalue weighted by Gasteiger charge is 2.28. The average molecular weight is 389 g/mol. The summed E-state index contributed by atoms with van der Waals surface area (Å²) in [7, 11) is -0.601. The number of benzene rings is 1. The van der Waals surface area contributed by atoms with E-state index in [9.17, 15) is 18.0 Å². The quantitative estimate of drug-likeness (QED) is 0.843. The van der Waals surface area contributed by atoms with E-state index in [-0.39, 0.29) is 28.6 Å². The number of amides is 1. The first-order valence-corrected chi connectivity index (χ1v) is 9.67. The zero-order valence-corrected chi connectivity index (χ0v) is 15.7. The molecule has 1 N–H and O–H groups in total. The Morgan fingerprint density at radius 2 is 1.96 bits per heavy atom. The van der Waals surface area contributed by atoms with Gasteiger partial charge in [0.2, 0.25) is 10.0 Å². The van der Waals surface area contributed by atoms with Gasteiger partial charge in [-0.1, -0.05) is 12.1 Å². The van der Waals surface area contributed by atoms with Crippen molar-refractivity contribution in [2.75, 3.05) is 20.6 Å². The number of carboxylic acid groups (broad SMARTS) is 1. The van der Waals surface area contributed by atoms with E-state index in [1.807, 2.05) is 0 Å². The molecule has 1 aromatic carbocycles. The molecule has 3 rings (SSSR count). The van der Waals surface area contributed by atoms with Crippen molar-refractivity contribution in [1.29, 1.82) is 0 Å². The Morgan fingerprint density at radius 3 is 2.63 bits per heavy atom. The van der Waals surface area contributed by atoms with Gasteiger partial charge in [-0.15, -0.1) is 0 Å². The Balaban J connectivity index is 1.90. The van der Waals surface area contributed by atoms with Crippen LogP contribution in [0, 0.1) is 0 Å². The summed E-state index contributed by atoms with van der Waals surface area (Å²) in [4.78, 5) is 29.4. The van der Waals surface area contributed by atoms with Gasteiger partial charge in [0.25, 0.3) is 5.91 Å². The number of fused-ring (bicyclic) bond motifs is 1. The van der Waals surface area contributed by atoms with Crippen LogP contribution in [0.5, 0.6) is 0 Å². The average Bonchev–Trinajstić information content (AvgIpc) is 2.66. The van der Waals surface area contributed by atoms with E-state index in [2.05, 4.69) is 4.98 Å². The molecule has 0 saturated carbocycles. The number of sulfonamides is 1. The second-order valence-electron chi connectivity index (χ2n) is 6.39. The molecule has 27 heavy (non-hydrogen) atoms. The van der Waals surface area contributed by atoms with E-state index in [4.69, 9.17) is 5.11 Å². The second kappa shape index (κ2) is 7.09. The van der Waals surface area contributed by atoms with Gasteiger partial charge in [0, 0.05) is 38.9 Å². The van der Waals surface area contributed by atoms with Gasteiger partial charge in [-0.25, -0.2) is 22.5 Å². The maximum Gasteiger partial charge on any atom is 0.354 e. The van der Waals surface area contributed by atoms with E-state index in [0.717, 1.165) is 11.1 Å². The molecule has 0 aliphatic carbocycles. The van der Waals surface area contributed by atoms with Gasteiger partial charge in [-0.05, 0) is 35.7 Å². The number of carbonyl (C=O) groups excluding carboxylic acids is 1. The second-order valence-corrected chi connectivity index (χ2v) is 8.51. The molecular formula is C18H19N3O5S. The lowest BCUT2D eigenvalue weighted by molar-refractivity contribution is 0.0690. The van der Waals surface area contributed by atoms with Crippen LogP contribution in [0.1, 0.15) is 32.0 Å². The number of rotatable bonds is 4. The molecule has 0 bridgehead atoms. The molecule has 8 nitrogen and oxygen atoms in total. The van der Waals surface area contributed by atoms with Crippen LogP contribution >= 0.6 is 0 Å². The van der Waals surface area contributed by atoms with Crippen LogP contribution in [0.3, 0.4) is 0 Å². The first kappa shape index (κ1) is 19.0. The zero-order valence-electron chi connectivity index (χ0n) is 14.9. The van der Waals surface area contributed by atoms with Crippen molar-refractivity contribution in [1.82, 2.24) is 14.2 Å². The molecule has 1 amide bonds. The monoisotopic (exact) mass is 389 g/mol. The number of hydrogen-bond donors (Lipinski definition) is 1. The van der Waals surface area contributed by atoms with Crippen LogP contribution in [0.2, 0.25) is 0 Å². The lowest BCUT2D eigenvalue weighted by Gasteiger charge is -2.30. The topological polar surface area (TPSA) is 108 Å². The van der Waals surface area contributed by atoms with Gasteiger partial charge in [0.05, 0.1) is 4.90 Å².